The summed E-state index contributed by atoms with van der Waals surface area (Å²) in [5, 5.41) is 15.1. The smallest absolute Gasteiger partial charge is 0.261 e. The third-order valence-electron chi connectivity index (χ3n) is 2.10. The lowest BCUT2D eigenvalue weighted by molar-refractivity contribution is 0.889. The van der Waals surface area contributed by atoms with Crippen LogP contribution in [0, 0.1) is 0 Å². The summed E-state index contributed by atoms with van der Waals surface area (Å²) in [5.74, 6) is 1.83. The Labute approximate surface area is 103 Å². The molecule has 0 atom stereocenters. The van der Waals surface area contributed by atoms with E-state index in [0.29, 0.717) is 17.7 Å². The normalized spacial score (nSPS) is 10.8. The van der Waals surface area contributed by atoms with Crippen molar-refractivity contribution in [1.29, 1.82) is 0 Å². The Hall–Kier alpha value is -1.57. The topological polar surface area (TPSA) is 80.0 Å². The van der Waals surface area contributed by atoms with Crippen molar-refractivity contribution < 1.29 is 0 Å². The first-order chi connectivity index (χ1) is 8.30. The molecule has 0 amide bonds. The van der Waals surface area contributed by atoms with Gasteiger partial charge in [-0.2, -0.15) is 9.97 Å². The van der Waals surface area contributed by atoms with Gasteiger partial charge in [0.15, 0.2) is 5.16 Å². The molecule has 0 saturated heterocycles. The van der Waals surface area contributed by atoms with E-state index in [1.165, 1.54) is 11.8 Å². The number of hydrogen-bond donors (Lipinski definition) is 2. The monoisotopic (exact) mass is 253 g/mol. The average molecular weight is 253 g/mol. The summed E-state index contributed by atoms with van der Waals surface area (Å²) in [6.07, 6.45) is 1.95. The molecule has 17 heavy (non-hydrogen) atoms. The van der Waals surface area contributed by atoms with Gasteiger partial charge in [0.1, 0.15) is 0 Å². The fraction of sp³-hybridized carbons (Fsp3) is 0.556. The van der Waals surface area contributed by atoms with Gasteiger partial charge in [0.2, 0.25) is 11.9 Å². The lowest BCUT2D eigenvalue weighted by atomic mass is 10.7. The second kappa shape index (κ2) is 5.17. The molecule has 0 unspecified atom stereocenters. The van der Waals surface area contributed by atoms with Crippen molar-refractivity contribution >= 4 is 29.4 Å². The van der Waals surface area contributed by atoms with Crippen LogP contribution in [0.3, 0.4) is 0 Å². The second-order valence-corrected chi connectivity index (χ2v) is 4.03. The molecule has 0 aliphatic rings. The van der Waals surface area contributed by atoms with E-state index < -0.39 is 0 Å². The fourth-order valence-corrected chi connectivity index (χ4v) is 1.91. The predicted octanol–water partition coefficient (Wildman–Crippen LogP) is 1.10. The van der Waals surface area contributed by atoms with Gasteiger partial charge < -0.3 is 10.6 Å². The Morgan fingerprint density at radius 3 is 2.53 bits per heavy atom. The van der Waals surface area contributed by atoms with Crippen LogP contribution in [0.4, 0.5) is 11.9 Å². The summed E-state index contributed by atoms with van der Waals surface area (Å²) >= 11 is 1.51. The van der Waals surface area contributed by atoms with E-state index in [0.717, 1.165) is 18.2 Å². The first-order valence-electron chi connectivity index (χ1n) is 5.45. The SMILES string of the molecule is CCNc1nc(NCC)n2c(SC)nnc2n1. The van der Waals surface area contributed by atoms with Crippen LogP contribution in [-0.2, 0) is 0 Å². The molecule has 92 valence electrons. The molecule has 2 aromatic heterocycles. The zero-order valence-corrected chi connectivity index (χ0v) is 10.9. The number of nitrogens with one attached hydrogen (secondary N) is 2. The van der Waals surface area contributed by atoms with Crippen LogP contribution in [0.1, 0.15) is 13.8 Å². The lowest BCUT2D eigenvalue weighted by Gasteiger charge is -2.08. The molecule has 2 aromatic rings. The Balaban J connectivity index is 2.56. The first kappa shape index (κ1) is 11.9. The van der Waals surface area contributed by atoms with E-state index >= 15 is 0 Å². The van der Waals surface area contributed by atoms with Crippen LogP contribution in [-0.4, -0.2) is 43.9 Å². The standard InChI is InChI=1S/C9H15N7S/c1-4-10-6-12-7(11-5-2)16-8(13-6)14-15-9(16)17-3/h4-5H2,1-3H3,(H2,10,11,12,13,14). The third-order valence-corrected chi connectivity index (χ3v) is 2.73. The zero-order chi connectivity index (χ0) is 12.3. The van der Waals surface area contributed by atoms with Gasteiger partial charge in [0, 0.05) is 13.1 Å². The van der Waals surface area contributed by atoms with Crippen molar-refractivity contribution in [2.45, 2.75) is 19.0 Å². The first-order valence-corrected chi connectivity index (χ1v) is 6.67. The van der Waals surface area contributed by atoms with Crippen molar-refractivity contribution in [3.8, 4) is 0 Å². The van der Waals surface area contributed by atoms with Gasteiger partial charge in [0.05, 0.1) is 0 Å². The number of aromatic nitrogens is 5. The highest BCUT2D eigenvalue weighted by atomic mass is 32.2. The van der Waals surface area contributed by atoms with Crippen LogP contribution < -0.4 is 10.6 Å². The highest BCUT2D eigenvalue weighted by Crippen LogP contribution is 2.18. The molecule has 0 saturated carbocycles. The zero-order valence-electron chi connectivity index (χ0n) is 10.1. The number of nitrogens with zero attached hydrogens (tertiary/aromatic N) is 5. The summed E-state index contributed by atoms with van der Waals surface area (Å²) in [7, 11) is 0. The van der Waals surface area contributed by atoms with E-state index in [1.807, 2.05) is 24.5 Å². The molecule has 8 heteroatoms. The van der Waals surface area contributed by atoms with Crippen molar-refractivity contribution in [2.24, 2.45) is 0 Å². The van der Waals surface area contributed by atoms with Gasteiger partial charge in [0.25, 0.3) is 5.78 Å². The molecular weight excluding hydrogens is 238 g/mol. The Bertz CT molecular complexity index is 509. The van der Waals surface area contributed by atoms with E-state index in [1.54, 1.807) is 0 Å². The molecule has 0 spiro atoms. The van der Waals surface area contributed by atoms with Gasteiger partial charge in [-0.25, -0.2) is 4.40 Å². The maximum atomic E-state index is 4.40. The lowest BCUT2D eigenvalue weighted by Crippen LogP contribution is -2.11. The van der Waals surface area contributed by atoms with E-state index in [4.69, 9.17) is 0 Å². The van der Waals surface area contributed by atoms with E-state index in [9.17, 15) is 0 Å². The van der Waals surface area contributed by atoms with Crippen LogP contribution in [0.5, 0.6) is 0 Å². The van der Waals surface area contributed by atoms with Gasteiger partial charge in [-0.05, 0) is 20.1 Å². The minimum Gasteiger partial charge on any atom is -0.355 e. The summed E-state index contributed by atoms with van der Waals surface area (Å²) in [6, 6.07) is 0. The molecule has 0 radical (unpaired) electrons. The number of fused-ring (bicyclic) bond motifs is 1. The molecule has 0 fully saturated rings. The van der Waals surface area contributed by atoms with Gasteiger partial charge in [-0.1, -0.05) is 11.8 Å². The van der Waals surface area contributed by atoms with Gasteiger partial charge >= 0.3 is 0 Å². The van der Waals surface area contributed by atoms with Crippen molar-refractivity contribution in [2.75, 3.05) is 30.0 Å². The maximum absolute atomic E-state index is 4.40. The van der Waals surface area contributed by atoms with Crippen molar-refractivity contribution in [3.63, 3.8) is 0 Å². The number of thioether (sulfide) groups is 1. The molecule has 0 bridgehead atoms. The van der Waals surface area contributed by atoms with Gasteiger partial charge in [-0.15, -0.1) is 10.2 Å². The van der Waals surface area contributed by atoms with Crippen molar-refractivity contribution in [3.05, 3.63) is 0 Å². The van der Waals surface area contributed by atoms with Crippen LogP contribution in [0.15, 0.2) is 5.16 Å². The van der Waals surface area contributed by atoms with Crippen LogP contribution in [0.25, 0.3) is 5.78 Å². The number of hydrogen-bond acceptors (Lipinski definition) is 7. The fourth-order valence-electron chi connectivity index (χ4n) is 1.44. The number of anilines is 2. The Kier molecular flexibility index (Phi) is 3.62. The molecule has 2 N–H and O–H groups in total. The quantitative estimate of drug-likeness (QED) is 0.772. The van der Waals surface area contributed by atoms with Crippen LogP contribution >= 0.6 is 11.8 Å². The summed E-state index contributed by atoms with van der Waals surface area (Å²) < 4.78 is 1.81. The summed E-state index contributed by atoms with van der Waals surface area (Å²) in [5.41, 5.74) is 0. The molecule has 2 heterocycles. The van der Waals surface area contributed by atoms with E-state index in [2.05, 4.69) is 30.8 Å². The number of rotatable bonds is 5. The Morgan fingerprint density at radius 2 is 1.88 bits per heavy atom. The Morgan fingerprint density at radius 1 is 1.12 bits per heavy atom. The van der Waals surface area contributed by atoms with Crippen LogP contribution in [0.2, 0.25) is 0 Å². The molecule has 2 rings (SSSR count). The highest BCUT2D eigenvalue weighted by molar-refractivity contribution is 7.98. The van der Waals surface area contributed by atoms with Crippen molar-refractivity contribution in [1.82, 2.24) is 24.6 Å². The van der Waals surface area contributed by atoms with Gasteiger partial charge in [-0.3, -0.25) is 0 Å². The maximum Gasteiger partial charge on any atom is 0.261 e. The summed E-state index contributed by atoms with van der Waals surface area (Å²) in [6.45, 7) is 5.57. The minimum atomic E-state index is 0.552. The molecule has 0 aromatic carbocycles. The molecular formula is C9H15N7S. The van der Waals surface area contributed by atoms with E-state index in [-0.39, 0.29) is 0 Å². The predicted molar refractivity (Wildman–Crippen MR) is 68.7 cm³/mol. The molecule has 0 aliphatic carbocycles. The second-order valence-electron chi connectivity index (χ2n) is 3.25. The molecule has 0 aliphatic heterocycles. The average Bonchev–Trinajstić information content (AvgIpc) is 2.73. The largest absolute Gasteiger partial charge is 0.355 e. The summed E-state index contributed by atoms with van der Waals surface area (Å²) in [4.78, 5) is 8.69. The highest BCUT2D eigenvalue weighted by Gasteiger charge is 2.12. The third kappa shape index (κ3) is 2.26. The minimum absolute atomic E-state index is 0.552. The molecule has 7 nitrogen and oxygen atoms in total.